The summed E-state index contributed by atoms with van der Waals surface area (Å²) in [6.45, 7) is 0.542. The topological polar surface area (TPSA) is 88.3 Å². The summed E-state index contributed by atoms with van der Waals surface area (Å²) in [6, 6.07) is 15.3. The first-order valence-electron chi connectivity index (χ1n) is 8.79. The van der Waals surface area contributed by atoms with Crippen LogP contribution in [0.1, 0.15) is 18.4 Å². The molecule has 28 heavy (non-hydrogen) atoms. The molecule has 0 radical (unpaired) electrons. The van der Waals surface area contributed by atoms with Crippen molar-refractivity contribution in [1.29, 1.82) is 0 Å². The number of likely N-dealkylation sites (N-methyl/N-ethyl adjacent to an activating group) is 1. The average Bonchev–Trinajstić information content (AvgIpc) is 3.29. The maximum Gasteiger partial charge on any atom is 0.244 e. The van der Waals surface area contributed by atoms with Gasteiger partial charge < -0.3 is 4.52 Å². The van der Waals surface area contributed by atoms with Crippen molar-refractivity contribution in [2.45, 2.75) is 23.4 Å². The molecule has 3 aromatic rings. The van der Waals surface area contributed by atoms with E-state index in [0.29, 0.717) is 29.7 Å². The smallest absolute Gasteiger partial charge is 0.244 e. The Morgan fingerprint density at radius 2 is 1.86 bits per heavy atom. The molecule has 1 aliphatic heterocycles. The Morgan fingerprint density at radius 3 is 2.57 bits per heavy atom. The molecule has 2 aromatic carbocycles. The van der Waals surface area contributed by atoms with E-state index in [2.05, 4.69) is 14.9 Å². The summed E-state index contributed by atoms with van der Waals surface area (Å²) in [5.41, 5.74) is 0.873. The fraction of sp³-hybridized carbons (Fsp3) is 0.263. The highest BCUT2D eigenvalue weighted by Gasteiger charge is 2.36. The first-order chi connectivity index (χ1) is 13.4. The van der Waals surface area contributed by atoms with Gasteiger partial charge in [-0.05, 0) is 37.7 Å². The van der Waals surface area contributed by atoms with Gasteiger partial charge in [-0.3, -0.25) is 4.90 Å². The molecule has 0 unspecified atom stereocenters. The second kappa shape index (κ2) is 7.63. The van der Waals surface area contributed by atoms with Crippen LogP contribution >= 0.6 is 11.6 Å². The number of nitrogens with one attached hydrogen (secondary N) is 1. The molecule has 1 saturated heterocycles. The van der Waals surface area contributed by atoms with Gasteiger partial charge in [0.05, 0.1) is 10.9 Å². The van der Waals surface area contributed by atoms with Crippen LogP contribution in [0.25, 0.3) is 11.4 Å². The Morgan fingerprint density at radius 1 is 1.14 bits per heavy atom. The van der Waals surface area contributed by atoms with Crippen molar-refractivity contribution < 1.29 is 12.9 Å². The molecule has 4 rings (SSSR count). The molecule has 9 heteroatoms. The van der Waals surface area contributed by atoms with E-state index in [1.165, 1.54) is 12.1 Å². The van der Waals surface area contributed by atoms with E-state index < -0.39 is 10.0 Å². The van der Waals surface area contributed by atoms with Gasteiger partial charge >= 0.3 is 0 Å². The Bertz CT molecular complexity index is 1050. The molecule has 1 aromatic heterocycles. The highest BCUT2D eigenvalue weighted by Crippen LogP contribution is 2.31. The first-order valence-corrected chi connectivity index (χ1v) is 10.7. The third-order valence-electron chi connectivity index (χ3n) is 4.75. The number of benzene rings is 2. The third kappa shape index (κ3) is 3.95. The average molecular weight is 419 g/mol. The number of nitrogens with zero attached hydrogens (tertiary/aromatic N) is 3. The molecule has 146 valence electrons. The maximum absolute atomic E-state index is 12.6. The predicted molar refractivity (Wildman–Crippen MR) is 105 cm³/mol. The lowest BCUT2D eigenvalue weighted by Crippen LogP contribution is -2.36. The van der Waals surface area contributed by atoms with E-state index in [-0.39, 0.29) is 17.0 Å². The monoisotopic (exact) mass is 418 g/mol. The van der Waals surface area contributed by atoms with Crippen LogP contribution in [-0.2, 0) is 10.0 Å². The van der Waals surface area contributed by atoms with Crippen molar-refractivity contribution in [2.75, 3.05) is 13.6 Å². The highest BCUT2D eigenvalue weighted by atomic mass is 35.5. The third-order valence-corrected chi connectivity index (χ3v) is 6.54. The molecule has 0 spiro atoms. The largest absolute Gasteiger partial charge is 0.337 e. The molecule has 0 aliphatic carbocycles. The minimum absolute atomic E-state index is 0.150. The van der Waals surface area contributed by atoms with Crippen LogP contribution in [0.2, 0.25) is 5.02 Å². The van der Waals surface area contributed by atoms with Gasteiger partial charge in [0, 0.05) is 23.2 Å². The molecular formula is C19H19ClN4O3S. The fourth-order valence-electron chi connectivity index (χ4n) is 3.35. The lowest BCUT2D eigenvalue weighted by Gasteiger charge is -2.14. The number of rotatable bonds is 5. The number of likely N-dealkylation sites (tertiary alicyclic amines) is 1. The van der Waals surface area contributed by atoms with E-state index in [0.717, 1.165) is 5.56 Å². The van der Waals surface area contributed by atoms with E-state index in [1.54, 1.807) is 12.1 Å². The standard InChI is InChI=1S/C19H19ClN4O3S/c1-24-12-15(23-28(25,26)16-9-7-14(20)8-10-16)11-17(24)19-21-18(22-27-19)13-5-3-2-4-6-13/h2-10,15,17,23H,11-12H2,1H3/t15-,17-/m0/s1. The van der Waals surface area contributed by atoms with Crippen molar-refractivity contribution >= 4 is 21.6 Å². The summed E-state index contributed by atoms with van der Waals surface area (Å²) < 4.78 is 33.4. The first kappa shape index (κ1) is 19.1. The predicted octanol–water partition coefficient (Wildman–Crippen LogP) is 3.11. The molecule has 1 aliphatic rings. The van der Waals surface area contributed by atoms with Crippen LogP contribution in [0.4, 0.5) is 0 Å². The van der Waals surface area contributed by atoms with Crippen molar-refractivity contribution in [1.82, 2.24) is 19.8 Å². The summed E-state index contributed by atoms with van der Waals surface area (Å²) in [5, 5.41) is 4.55. The van der Waals surface area contributed by atoms with E-state index in [9.17, 15) is 8.42 Å². The summed E-state index contributed by atoms with van der Waals surface area (Å²) in [7, 11) is -1.72. The van der Waals surface area contributed by atoms with Crippen LogP contribution in [-0.4, -0.2) is 43.1 Å². The summed E-state index contributed by atoms with van der Waals surface area (Å²) in [4.78, 5) is 6.70. The minimum atomic E-state index is -3.63. The Balaban J connectivity index is 1.48. The van der Waals surface area contributed by atoms with Crippen LogP contribution in [0, 0.1) is 0 Å². The van der Waals surface area contributed by atoms with Gasteiger partial charge in [0.2, 0.25) is 21.7 Å². The Kier molecular flexibility index (Phi) is 5.20. The number of sulfonamides is 1. The fourth-order valence-corrected chi connectivity index (χ4v) is 4.72. The molecule has 2 heterocycles. The normalized spacial score (nSPS) is 20.5. The van der Waals surface area contributed by atoms with Gasteiger partial charge in [-0.25, -0.2) is 13.1 Å². The summed E-state index contributed by atoms with van der Waals surface area (Å²) >= 11 is 5.84. The van der Waals surface area contributed by atoms with Gasteiger partial charge in [-0.2, -0.15) is 4.98 Å². The summed E-state index contributed by atoms with van der Waals surface area (Å²) in [5.74, 6) is 1.00. The van der Waals surface area contributed by atoms with Crippen LogP contribution in [0.3, 0.4) is 0 Å². The van der Waals surface area contributed by atoms with Crippen molar-refractivity contribution in [3.8, 4) is 11.4 Å². The number of hydrogen-bond donors (Lipinski definition) is 1. The quantitative estimate of drug-likeness (QED) is 0.684. The Labute approximate surface area is 168 Å². The van der Waals surface area contributed by atoms with Crippen molar-refractivity contribution in [2.24, 2.45) is 0 Å². The summed E-state index contributed by atoms with van der Waals surface area (Å²) in [6.07, 6.45) is 0.541. The zero-order valence-electron chi connectivity index (χ0n) is 15.1. The molecule has 1 fully saturated rings. The van der Waals surface area contributed by atoms with Gasteiger partial charge in [-0.15, -0.1) is 0 Å². The molecule has 0 amide bonds. The van der Waals surface area contributed by atoms with Gasteiger partial charge in [0.1, 0.15) is 0 Å². The lowest BCUT2D eigenvalue weighted by molar-refractivity contribution is 0.244. The maximum atomic E-state index is 12.6. The highest BCUT2D eigenvalue weighted by molar-refractivity contribution is 7.89. The molecule has 0 saturated carbocycles. The van der Waals surface area contributed by atoms with Crippen molar-refractivity contribution in [3.63, 3.8) is 0 Å². The van der Waals surface area contributed by atoms with Gasteiger partial charge in [0.15, 0.2) is 0 Å². The number of halogens is 1. The SMILES string of the molecule is CN1C[C@@H](NS(=O)(=O)c2ccc(Cl)cc2)C[C@H]1c1nc(-c2ccccc2)no1. The second-order valence-corrected chi connectivity index (χ2v) is 8.94. The Hall–Kier alpha value is -2.26. The molecule has 7 nitrogen and oxygen atoms in total. The number of hydrogen-bond acceptors (Lipinski definition) is 6. The van der Waals surface area contributed by atoms with Crippen molar-refractivity contribution in [3.05, 3.63) is 65.5 Å². The van der Waals surface area contributed by atoms with E-state index >= 15 is 0 Å². The van der Waals surface area contributed by atoms with Crippen LogP contribution in [0.5, 0.6) is 0 Å². The minimum Gasteiger partial charge on any atom is -0.337 e. The van der Waals surface area contributed by atoms with E-state index in [1.807, 2.05) is 42.3 Å². The molecule has 1 N–H and O–H groups in total. The molecule has 0 bridgehead atoms. The van der Waals surface area contributed by atoms with Crippen LogP contribution < -0.4 is 4.72 Å². The molecular weight excluding hydrogens is 400 g/mol. The van der Waals surface area contributed by atoms with Gasteiger partial charge in [0.25, 0.3) is 0 Å². The van der Waals surface area contributed by atoms with Crippen LogP contribution in [0.15, 0.2) is 64.0 Å². The van der Waals surface area contributed by atoms with E-state index in [4.69, 9.17) is 16.1 Å². The lowest BCUT2D eigenvalue weighted by atomic mass is 10.2. The zero-order valence-corrected chi connectivity index (χ0v) is 16.7. The van der Waals surface area contributed by atoms with Gasteiger partial charge in [-0.1, -0.05) is 47.1 Å². The molecule has 2 atom stereocenters. The second-order valence-electron chi connectivity index (χ2n) is 6.79. The number of aromatic nitrogens is 2. The zero-order chi connectivity index (χ0) is 19.7.